The first-order valence-electron chi connectivity index (χ1n) is 6.83. The molecule has 1 aliphatic heterocycles. The highest BCUT2D eigenvalue weighted by molar-refractivity contribution is 6.06. The highest BCUT2D eigenvalue weighted by Gasteiger charge is 2.24. The molecule has 6 heteroatoms. The van der Waals surface area contributed by atoms with E-state index in [2.05, 4.69) is 15.1 Å². The van der Waals surface area contributed by atoms with Gasteiger partial charge in [-0.25, -0.2) is 9.97 Å². The second-order valence-corrected chi connectivity index (χ2v) is 4.54. The molecule has 0 fully saturated rings. The summed E-state index contributed by atoms with van der Waals surface area (Å²) in [5.41, 5.74) is 1.48. The van der Waals surface area contributed by atoms with E-state index in [1.165, 1.54) is 13.4 Å². The summed E-state index contributed by atoms with van der Waals surface area (Å²) in [6.45, 7) is 0. The average molecular weight is 297 g/mol. The number of rotatable bonds is 5. The maximum absolute atomic E-state index is 5.83. The lowest BCUT2D eigenvalue weighted by atomic mass is 10.0. The molecule has 1 aliphatic rings. The standard InChI is InChI=1S/C16H15N3O3/c1-20-19-16(14-7-4-10-21-14)12-5-2-3-6-13(12)22-15-8-9-17-11-18-15/h2-6,8-11,14H,7H2,1H3/b19-16+. The van der Waals surface area contributed by atoms with Gasteiger partial charge in [-0.3, -0.25) is 0 Å². The summed E-state index contributed by atoms with van der Waals surface area (Å²) in [4.78, 5) is 12.9. The van der Waals surface area contributed by atoms with Gasteiger partial charge in [0.15, 0.2) is 0 Å². The Hall–Kier alpha value is -2.89. The molecule has 0 N–H and O–H groups in total. The van der Waals surface area contributed by atoms with Crippen LogP contribution >= 0.6 is 0 Å². The zero-order valence-corrected chi connectivity index (χ0v) is 12.0. The van der Waals surface area contributed by atoms with Crippen LogP contribution in [0.4, 0.5) is 0 Å². The fourth-order valence-corrected chi connectivity index (χ4v) is 2.16. The molecule has 6 nitrogen and oxygen atoms in total. The number of oxime groups is 1. The predicted octanol–water partition coefficient (Wildman–Crippen LogP) is 2.92. The van der Waals surface area contributed by atoms with E-state index in [0.29, 0.717) is 17.3 Å². The second-order valence-electron chi connectivity index (χ2n) is 4.54. The monoisotopic (exact) mass is 297 g/mol. The zero-order valence-electron chi connectivity index (χ0n) is 12.0. The SMILES string of the molecule is CO/N=C(\c1ccccc1Oc1ccncn1)C1CC=CO1. The summed E-state index contributed by atoms with van der Waals surface area (Å²) >= 11 is 0. The van der Waals surface area contributed by atoms with Gasteiger partial charge >= 0.3 is 0 Å². The van der Waals surface area contributed by atoms with Crippen LogP contribution in [0.5, 0.6) is 11.6 Å². The van der Waals surface area contributed by atoms with Gasteiger partial charge < -0.3 is 14.3 Å². The summed E-state index contributed by atoms with van der Waals surface area (Å²) in [6.07, 6.45) is 7.23. The van der Waals surface area contributed by atoms with Gasteiger partial charge in [0.25, 0.3) is 0 Å². The zero-order chi connectivity index (χ0) is 15.2. The van der Waals surface area contributed by atoms with E-state index < -0.39 is 0 Å². The molecule has 2 aromatic rings. The van der Waals surface area contributed by atoms with Gasteiger partial charge in [-0.2, -0.15) is 0 Å². The Morgan fingerprint density at radius 1 is 1.32 bits per heavy atom. The van der Waals surface area contributed by atoms with Crippen LogP contribution in [0.15, 0.2) is 60.3 Å². The molecule has 0 aliphatic carbocycles. The van der Waals surface area contributed by atoms with Crippen LogP contribution in [0.25, 0.3) is 0 Å². The van der Waals surface area contributed by atoms with Crippen molar-refractivity contribution in [2.24, 2.45) is 5.16 Å². The maximum atomic E-state index is 5.83. The van der Waals surface area contributed by atoms with Crippen molar-refractivity contribution in [3.8, 4) is 11.6 Å². The Kier molecular flexibility index (Phi) is 4.29. The second kappa shape index (κ2) is 6.71. The van der Waals surface area contributed by atoms with Crippen LogP contribution in [0.2, 0.25) is 0 Å². The van der Waals surface area contributed by atoms with Gasteiger partial charge in [0, 0.05) is 24.2 Å². The van der Waals surface area contributed by atoms with Crippen molar-refractivity contribution < 1.29 is 14.3 Å². The number of ether oxygens (including phenoxy) is 2. The minimum atomic E-state index is -0.185. The first-order chi connectivity index (χ1) is 10.9. The minimum absolute atomic E-state index is 0.185. The highest BCUT2D eigenvalue weighted by atomic mass is 16.6. The minimum Gasteiger partial charge on any atom is -0.492 e. The summed E-state index contributed by atoms with van der Waals surface area (Å²) in [7, 11) is 1.51. The molecule has 0 amide bonds. The summed E-state index contributed by atoms with van der Waals surface area (Å²) in [5.74, 6) is 1.09. The normalized spacial score (nSPS) is 17.1. The predicted molar refractivity (Wildman–Crippen MR) is 80.7 cm³/mol. The lowest BCUT2D eigenvalue weighted by molar-refractivity contribution is 0.193. The van der Waals surface area contributed by atoms with Crippen molar-refractivity contribution in [3.05, 3.63) is 60.8 Å². The van der Waals surface area contributed by atoms with Gasteiger partial charge in [0.05, 0.1) is 6.26 Å². The number of hydrogen-bond acceptors (Lipinski definition) is 6. The van der Waals surface area contributed by atoms with Crippen molar-refractivity contribution in [1.29, 1.82) is 0 Å². The number of nitrogens with zero attached hydrogens (tertiary/aromatic N) is 3. The van der Waals surface area contributed by atoms with E-state index in [0.717, 1.165) is 12.0 Å². The molecule has 1 atom stereocenters. The van der Waals surface area contributed by atoms with Gasteiger partial charge in [-0.15, -0.1) is 0 Å². The molecule has 0 saturated carbocycles. The molecule has 3 rings (SSSR count). The summed E-state index contributed by atoms with van der Waals surface area (Å²) in [5, 5.41) is 4.12. The van der Waals surface area contributed by atoms with Crippen LogP contribution in [0, 0.1) is 0 Å². The third-order valence-electron chi connectivity index (χ3n) is 3.12. The molecular formula is C16H15N3O3. The fraction of sp³-hybridized carbons (Fsp3) is 0.188. The van der Waals surface area contributed by atoms with Crippen molar-refractivity contribution >= 4 is 5.71 Å². The van der Waals surface area contributed by atoms with E-state index in [-0.39, 0.29) is 6.10 Å². The van der Waals surface area contributed by atoms with Gasteiger partial charge in [0.1, 0.15) is 31.0 Å². The third kappa shape index (κ3) is 3.06. The Balaban J connectivity index is 1.94. The van der Waals surface area contributed by atoms with Gasteiger partial charge in [0.2, 0.25) is 5.88 Å². The molecule has 0 bridgehead atoms. The Morgan fingerprint density at radius 2 is 2.23 bits per heavy atom. The molecule has 0 saturated heterocycles. The van der Waals surface area contributed by atoms with Crippen LogP contribution in [0.1, 0.15) is 12.0 Å². The number of aromatic nitrogens is 2. The number of hydrogen-bond donors (Lipinski definition) is 0. The number of benzene rings is 1. The number of para-hydroxylation sites is 1. The van der Waals surface area contributed by atoms with Crippen LogP contribution < -0.4 is 4.74 Å². The highest BCUT2D eigenvalue weighted by Crippen LogP contribution is 2.27. The Bertz CT molecular complexity index is 678. The lowest BCUT2D eigenvalue weighted by Gasteiger charge is -2.16. The average Bonchev–Trinajstić information content (AvgIpc) is 3.09. The summed E-state index contributed by atoms with van der Waals surface area (Å²) in [6, 6.07) is 9.26. The van der Waals surface area contributed by atoms with Crippen molar-refractivity contribution in [1.82, 2.24) is 9.97 Å². The van der Waals surface area contributed by atoms with Crippen molar-refractivity contribution in [2.45, 2.75) is 12.5 Å². The summed E-state index contributed by atoms with van der Waals surface area (Å²) < 4.78 is 11.4. The first-order valence-corrected chi connectivity index (χ1v) is 6.83. The quantitative estimate of drug-likeness (QED) is 0.627. The third-order valence-corrected chi connectivity index (χ3v) is 3.12. The van der Waals surface area contributed by atoms with E-state index in [1.54, 1.807) is 18.5 Å². The van der Waals surface area contributed by atoms with Crippen LogP contribution in [-0.2, 0) is 9.57 Å². The lowest BCUT2D eigenvalue weighted by Crippen LogP contribution is -2.21. The molecule has 1 aromatic carbocycles. The largest absolute Gasteiger partial charge is 0.492 e. The molecule has 0 spiro atoms. The van der Waals surface area contributed by atoms with E-state index >= 15 is 0 Å². The molecule has 1 aromatic heterocycles. The molecule has 112 valence electrons. The van der Waals surface area contributed by atoms with E-state index in [1.807, 2.05) is 30.3 Å². The van der Waals surface area contributed by atoms with Crippen LogP contribution in [0.3, 0.4) is 0 Å². The van der Waals surface area contributed by atoms with Crippen molar-refractivity contribution in [3.63, 3.8) is 0 Å². The van der Waals surface area contributed by atoms with Gasteiger partial charge in [-0.1, -0.05) is 17.3 Å². The van der Waals surface area contributed by atoms with E-state index in [9.17, 15) is 0 Å². The smallest absolute Gasteiger partial charge is 0.222 e. The first kappa shape index (κ1) is 14.1. The van der Waals surface area contributed by atoms with Crippen LogP contribution in [-0.4, -0.2) is 28.9 Å². The fourth-order valence-electron chi connectivity index (χ4n) is 2.16. The van der Waals surface area contributed by atoms with Gasteiger partial charge in [-0.05, 0) is 18.2 Å². The molecule has 0 radical (unpaired) electrons. The molecule has 1 unspecified atom stereocenters. The Morgan fingerprint density at radius 3 is 2.95 bits per heavy atom. The maximum Gasteiger partial charge on any atom is 0.222 e. The molecule has 22 heavy (non-hydrogen) atoms. The van der Waals surface area contributed by atoms with Crippen molar-refractivity contribution in [2.75, 3.05) is 7.11 Å². The molecular weight excluding hydrogens is 282 g/mol. The molecule has 2 heterocycles. The Labute approximate surface area is 128 Å². The topological polar surface area (TPSA) is 65.8 Å². The van der Waals surface area contributed by atoms with E-state index in [4.69, 9.17) is 14.3 Å².